The molecule has 14 heavy (non-hydrogen) atoms. The third kappa shape index (κ3) is 1.28. The molecule has 0 unspecified atom stereocenters. The molecule has 0 aliphatic carbocycles. The number of nitrogens with one attached hydrogen (secondary N) is 2. The SMILES string of the molecule is Cc1[nH]cnc1/C(=N/O)c1ccc[nH]1. The molecule has 0 aromatic carbocycles. The zero-order valence-corrected chi connectivity index (χ0v) is 7.65. The lowest BCUT2D eigenvalue weighted by Gasteiger charge is -1.98. The number of hydrogen-bond donors (Lipinski definition) is 3. The molecule has 2 aromatic heterocycles. The van der Waals surface area contributed by atoms with Gasteiger partial charge in [-0.15, -0.1) is 0 Å². The summed E-state index contributed by atoms with van der Waals surface area (Å²) in [6.07, 6.45) is 3.33. The van der Waals surface area contributed by atoms with Gasteiger partial charge in [0.1, 0.15) is 5.69 Å². The first-order chi connectivity index (χ1) is 6.83. The number of rotatable bonds is 2. The largest absolute Gasteiger partial charge is 0.410 e. The van der Waals surface area contributed by atoms with E-state index in [0.717, 1.165) is 11.4 Å². The van der Waals surface area contributed by atoms with Crippen LogP contribution >= 0.6 is 0 Å². The molecule has 0 radical (unpaired) electrons. The zero-order chi connectivity index (χ0) is 9.97. The minimum atomic E-state index is 0.439. The van der Waals surface area contributed by atoms with Crippen molar-refractivity contribution in [2.24, 2.45) is 5.16 Å². The summed E-state index contributed by atoms with van der Waals surface area (Å²) in [5.74, 6) is 0. The van der Waals surface area contributed by atoms with Crippen LogP contribution in [0.25, 0.3) is 0 Å². The quantitative estimate of drug-likeness (QED) is 0.379. The molecule has 0 atom stereocenters. The van der Waals surface area contributed by atoms with E-state index in [9.17, 15) is 0 Å². The van der Waals surface area contributed by atoms with Crippen molar-refractivity contribution in [3.63, 3.8) is 0 Å². The first-order valence-corrected chi connectivity index (χ1v) is 4.19. The van der Waals surface area contributed by atoms with Crippen LogP contribution in [0.2, 0.25) is 0 Å². The molecular weight excluding hydrogens is 180 g/mol. The number of nitrogens with zero attached hydrogens (tertiary/aromatic N) is 2. The van der Waals surface area contributed by atoms with Crippen molar-refractivity contribution in [3.05, 3.63) is 41.7 Å². The highest BCUT2D eigenvalue weighted by Gasteiger charge is 2.13. The second kappa shape index (κ2) is 3.37. The first kappa shape index (κ1) is 8.55. The Bertz CT molecular complexity index is 441. The summed E-state index contributed by atoms with van der Waals surface area (Å²) in [7, 11) is 0. The lowest BCUT2D eigenvalue weighted by atomic mass is 10.2. The molecule has 0 amide bonds. The predicted molar refractivity (Wildman–Crippen MR) is 51.5 cm³/mol. The van der Waals surface area contributed by atoms with Crippen LogP contribution in [-0.2, 0) is 0 Å². The van der Waals surface area contributed by atoms with E-state index in [2.05, 4.69) is 20.1 Å². The van der Waals surface area contributed by atoms with Gasteiger partial charge in [-0.3, -0.25) is 0 Å². The van der Waals surface area contributed by atoms with Crippen LogP contribution in [0.4, 0.5) is 0 Å². The summed E-state index contributed by atoms with van der Waals surface area (Å²) >= 11 is 0. The summed E-state index contributed by atoms with van der Waals surface area (Å²) in [5.41, 5.74) is 2.69. The third-order valence-electron chi connectivity index (χ3n) is 2.01. The first-order valence-electron chi connectivity index (χ1n) is 4.19. The van der Waals surface area contributed by atoms with E-state index < -0.39 is 0 Å². The summed E-state index contributed by atoms with van der Waals surface area (Å²) in [5, 5.41) is 12.1. The molecule has 2 rings (SSSR count). The highest BCUT2D eigenvalue weighted by atomic mass is 16.4. The van der Waals surface area contributed by atoms with Crippen molar-refractivity contribution < 1.29 is 5.21 Å². The van der Waals surface area contributed by atoms with Gasteiger partial charge in [-0.2, -0.15) is 0 Å². The molecule has 5 nitrogen and oxygen atoms in total. The number of oxime groups is 1. The van der Waals surface area contributed by atoms with Gasteiger partial charge in [-0.05, 0) is 19.1 Å². The number of aromatic nitrogens is 3. The molecule has 0 aliphatic rings. The lowest BCUT2D eigenvalue weighted by molar-refractivity contribution is 0.319. The Hall–Kier alpha value is -2.04. The number of H-pyrrole nitrogens is 2. The molecule has 5 heteroatoms. The van der Waals surface area contributed by atoms with Crippen molar-refractivity contribution in [1.82, 2.24) is 15.0 Å². The van der Waals surface area contributed by atoms with E-state index >= 15 is 0 Å². The molecule has 0 saturated carbocycles. The van der Waals surface area contributed by atoms with Gasteiger partial charge in [0, 0.05) is 11.9 Å². The van der Waals surface area contributed by atoms with Gasteiger partial charge in [0.2, 0.25) is 0 Å². The van der Waals surface area contributed by atoms with Crippen molar-refractivity contribution in [2.45, 2.75) is 6.92 Å². The van der Waals surface area contributed by atoms with Crippen molar-refractivity contribution in [1.29, 1.82) is 0 Å². The zero-order valence-electron chi connectivity index (χ0n) is 7.65. The molecule has 3 N–H and O–H groups in total. The minimum absolute atomic E-state index is 0.439. The Morgan fingerprint density at radius 3 is 2.86 bits per heavy atom. The molecule has 0 saturated heterocycles. The number of aryl methyl sites for hydroxylation is 1. The lowest BCUT2D eigenvalue weighted by Crippen LogP contribution is -2.06. The van der Waals surface area contributed by atoms with E-state index in [-0.39, 0.29) is 0 Å². The number of hydrogen-bond acceptors (Lipinski definition) is 3. The van der Waals surface area contributed by atoms with Gasteiger partial charge in [-0.25, -0.2) is 4.98 Å². The molecule has 0 bridgehead atoms. The van der Waals surface area contributed by atoms with E-state index in [1.165, 1.54) is 0 Å². The van der Waals surface area contributed by atoms with Crippen molar-refractivity contribution >= 4 is 5.71 Å². The topological polar surface area (TPSA) is 77.1 Å². The smallest absolute Gasteiger partial charge is 0.153 e. The van der Waals surface area contributed by atoms with Crippen molar-refractivity contribution in [3.8, 4) is 0 Å². The highest BCUT2D eigenvalue weighted by molar-refractivity contribution is 6.10. The molecule has 0 spiro atoms. The van der Waals surface area contributed by atoms with Gasteiger partial charge in [0.15, 0.2) is 5.71 Å². The maximum absolute atomic E-state index is 8.91. The molecule has 0 aliphatic heterocycles. The fourth-order valence-electron chi connectivity index (χ4n) is 1.30. The Kier molecular flexibility index (Phi) is 2.06. The second-order valence-electron chi connectivity index (χ2n) is 2.91. The molecule has 72 valence electrons. The van der Waals surface area contributed by atoms with E-state index in [1.54, 1.807) is 12.5 Å². The van der Waals surface area contributed by atoms with Crippen LogP contribution in [0.3, 0.4) is 0 Å². The summed E-state index contributed by atoms with van der Waals surface area (Å²) in [6.45, 7) is 1.87. The summed E-state index contributed by atoms with van der Waals surface area (Å²) in [6, 6.07) is 3.66. The Morgan fingerprint density at radius 2 is 2.36 bits per heavy atom. The third-order valence-corrected chi connectivity index (χ3v) is 2.01. The van der Waals surface area contributed by atoms with Gasteiger partial charge < -0.3 is 15.2 Å². The predicted octanol–water partition coefficient (Wildman–Crippen LogP) is 1.27. The average Bonchev–Trinajstić information content (AvgIpc) is 2.80. The van der Waals surface area contributed by atoms with Crippen molar-refractivity contribution in [2.75, 3.05) is 0 Å². The fraction of sp³-hybridized carbons (Fsp3) is 0.111. The average molecular weight is 190 g/mol. The van der Waals surface area contributed by atoms with Crippen LogP contribution in [0, 0.1) is 6.92 Å². The van der Waals surface area contributed by atoms with E-state index in [0.29, 0.717) is 11.4 Å². The number of imidazole rings is 1. The maximum atomic E-state index is 8.91. The Labute approximate surface area is 80.5 Å². The van der Waals surface area contributed by atoms with Crippen LogP contribution in [0.5, 0.6) is 0 Å². The van der Waals surface area contributed by atoms with Gasteiger partial charge in [-0.1, -0.05) is 5.16 Å². The van der Waals surface area contributed by atoms with Gasteiger partial charge in [0.05, 0.1) is 12.0 Å². The van der Waals surface area contributed by atoms with Crippen LogP contribution < -0.4 is 0 Å². The van der Waals surface area contributed by atoms with E-state index in [1.807, 2.05) is 19.1 Å². The molecule has 2 aromatic rings. The summed E-state index contributed by atoms with van der Waals surface area (Å²) in [4.78, 5) is 9.96. The monoisotopic (exact) mass is 190 g/mol. The molecule has 2 heterocycles. The fourth-order valence-corrected chi connectivity index (χ4v) is 1.30. The maximum Gasteiger partial charge on any atom is 0.153 e. The van der Waals surface area contributed by atoms with Gasteiger partial charge in [0.25, 0.3) is 0 Å². The Morgan fingerprint density at radius 1 is 1.50 bits per heavy atom. The normalized spacial score (nSPS) is 11.9. The van der Waals surface area contributed by atoms with Crippen LogP contribution in [-0.4, -0.2) is 25.9 Å². The van der Waals surface area contributed by atoms with Gasteiger partial charge >= 0.3 is 0 Å². The van der Waals surface area contributed by atoms with Crippen LogP contribution in [0.1, 0.15) is 17.1 Å². The summed E-state index contributed by atoms with van der Waals surface area (Å²) < 4.78 is 0. The molecular formula is C9H10N4O. The second-order valence-corrected chi connectivity index (χ2v) is 2.91. The highest BCUT2D eigenvalue weighted by Crippen LogP contribution is 2.09. The van der Waals surface area contributed by atoms with Crippen LogP contribution in [0.15, 0.2) is 29.8 Å². The Balaban J connectivity index is 2.47. The molecule has 0 fully saturated rings. The van der Waals surface area contributed by atoms with E-state index in [4.69, 9.17) is 5.21 Å². The standard InChI is InChI=1S/C9H10N4O/c1-6-8(12-5-11-6)9(13-14)7-3-2-4-10-7/h2-5,10,14H,1H3,(H,11,12)/b13-9+. The number of aromatic amines is 2. The minimum Gasteiger partial charge on any atom is -0.410 e.